The number of aliphatic carboxylic acids is 1. The van der Waals surface area contributed by atoms with Crippen molar-refractivity contribution in [2.24, 2.45) is 5.92 Å². The minimum atomic E-state index is -0.895. The van der Waals surface area contributed by atoms with Crippen LogP contribution in [0.5, 0.6) is 0 Å². The van der Waals surface area contributed by atoms with Crippen LogP contribution >= 0.6 is 11.6 Å². The zero-order valence-electron chi connectivity index (χ0n) is 14.4. The van der Waals surface area contributed by atoms with Gasteiger partial charge < -0.3 is 10.1 Å². The molecule has 0 amide bonds. The molecule has 1 aliphatic rings. The van der Waals surface area contributed by atoms with Crippen molar-refractivity contribution in [3.8, 4) is 0 Å². The maximum absolute atomic E-state index is 14.2. The minimum Gasteiger partial charge on any atom is -0.481 e. The van der Waals surface area contributed by atoms with E-state index >= 15 is 0 Å². The van der Waals surface area contributed by atoms with E-state index in [-0.39, 0.29) is 11.4 Å². The number of aromatic amines is 1. The number of rotatable bonds is 4. The Morgan fingerprint density at radius 2 is 2.00 bits per heavy atom. The molecule has 0 fully saturated rings. The lowest BCUT2D eigenvalue weighted by atomic mass is 9.76. The third-order valence-corrected chi connectivity index (χ3v) is 5.70. The first-order valence-corrected chi connectivity index (χ1v) is 9.28. The molecule has 1 heterocycles. The van der Waals surface area contributed by atoms with Crippen molar-refractivity contribution in [2.45, 2.75) is 31.6 Å². The molecule has 0 aliphatic heterocycles. The number of carboxylic acid groups (broad SMARTS) is 1. The summed E-state index contributed by atoms with van der Waals surface area (Å²) < 4.78 is 27.9. The van der Waals surface area contributed by atoms with Crippen LogP contribution in [0.15, 0.2) is 36.4 Å². The first-order chi connectivity index (χ1) is 12.9. The van der Waals surface area contributed by atoms with E-state index in [4.69, 9.17) is 11.6 Å². The maximum Gasteiger partial charge on any atom is 0.307 e. The summed E-state index contributed by atoms with van der Waals surface area (Å²) in [5.41, 5.74) is 2.69. The molecule has 2 atom stereocenters. The number of carboxylic acids is 1. The molecule has 27 heavy (non-hydrogen) atoms. The number of carbonyl (C=O) groups is 1. The van der Waals surface area contributed by atoms with E-state index in [9.17, 15) is 18.7 Å². The van der Waals surface area contributed by atoms with Gasteiger partial charge in [-0.15, -0.1) is 0 Å². The van der Waals surface area contributed by atoms with Crippen LogP contribution in [-0.2, 0) is 17.6 Å². The minimum absolute atomic E-state index is 0.254. The van der Waals surface area contributed by atoms with Gasteiger partial charge in [0.15, 0.2) is 0 Å². The van der Waals surface area contributed by atoms with E-state index < -0.39 is 23.5 Å². The summed E-state index contributed by atoms with van der Waals surface area (Å²) in [6.45, 7) is 0. The lowest BCUT2D eigenvalue weighted by molar-refractivity contribution is -0.142. The summed E-state index contributed by atoms with van der Waals surface area (Å²) in [6.07, 6.45) is 2.51. The Hall–Kier alpha value is -2.40. The van der Waals surface area contributed by atoms with Crippen molar-refractivity contribution in [3.63, 3.8) is 0 Å². The Labute approximate surface area is 160 Å². The van der Waals surface area contributed by atoms with Gasteiger partial charge in [0, 0.05) is 28.1 Å². The zero-order chi connectivity index (χ0) is 19.1. The van der Waals surface area contributed by atoms with Crippen LogP contribution in [-0.4, -0.2) is 16.1 Å². The number of hydrogen-bond acceptors (Lipinski definition) is 1. The van der Waals surface area contributed by atoms with Gasteiger partial charge in [0.25, 0.3) is 0 Å². The Kier molecular flexibility index (Phi) is 4.64. The Morgan fingerprint density at radius 3 is 2.70 bits per heavy atom. The Morgan fingerprint density at radius 1 is 1.26 bits per heavy atom. The number of H-pyrrole nitrogens is 1. The summed E-state index contributed by atoms with van der Waals surface area (Å²) in [4.78, 5) is 15.1. The van der Waals surface area contributed by atoms with Gasteiger partial charge in [0.05, 0.1) is 11.4 Å². The molecule has 2 aromatic carbocycles. The molecule has 2 N–H and O–H groups in total. The number of benzene rings is 2. The lowest BCUT2D eigenvalue weighted by Crippen LogP contribution is -2.27. The van der Waals surface area contributed by atoms with E-state index in [0.717, 1.165) is 29.3 Å². The van der Waals surface area contributed by atoms with Crippen LogP contribution < -0.4 is 0 Å². The number of nitrogens with one attached hydrogen (secondary N) is 1. The van der Waals surface area contributed by atoms with Crippen molar-refractivity contribution in [2.75, 3.05) is 0 Å². The summed E-state index contributed by atoms with van der Waals surface area (Å²) in [7, 11) is 0. The topological polar surface area (TPSA) is 53.1 Å². The van der Waals surface area contributed by atoms with E-state index in [1.165, 1.54) is 6.07 Å². The smallest absolute Gasteiger partial charge is 0.307 e. The highest BCUT2D eigenvalue weighted by Gasteiger charge is 2.35. The standard InChI is InChI=1S/C21H18ClF2NO2/c22-12-6-4-11(5-7-12)8-17(21(26)27)15-3-1-2-14-16-9-13(23)10-18(24)20(16)25-19(14)15/h4-7,9-10,15,17,25H,1-3,8H2,(H,26,27). The number of hydrogen-bond donors (Lipinski definition) is 2. The second-order valence-corrected chi connectivity index (χ2v) is 7.54. The van der Waals surface area contributed by atoms with E-state index in [2.05, 4.69) is 4.98 Å². The summed E-state index contributed by atoms with van der Waals surface area (Å²) in [6, 6.07) is 9.30. The second-order valence-electron chi connectivity index (χ2n) is 7.10. The molecule has 0 saturated heterocycles. The molecule has 3 nitrogen and oxygen atoms in total. The fourth-order valence-corrected chi connectivity index (χ4v) is 4.33. The molecule has 0 spiro atoms. The van der Waals surface area contributed by atoms with Crippen LogP contribution in [0.1, 0.15) is 35.6 Å². The number of fused-ring (bicyclic) bond motifs is 3. The van der Waals surface area contributed by atoms with Crippen LogP contribution in [0.3, 0.4) is 0 Å². The van der Waals surface area contributed by atoms with Crippen molar-refractivity contribution in [3.05, 3.63) is 69.9 Å². The molecule has 0 radical (unpaired) electrons. The number of aryl methyl sites for hydroxylation is 1. The lowest BCUT2D eigenvalue weighted by Gasteiger charge is -2.28. The molecular weight excluding hydrogens is 372 g/mol. The molecule has 1 aliphatic carbocycles. The highest BCUT2D eigenvalue weighted by molar-refractivity contribution is 6.30. The van der Waals surface area contributed by atoms with Crippen molar-refractivity contribution >= 4 is 28.5 Å². The summed E-state index contributed by atoms with van der Waals surface area (Å²) in [5.74, 6) is -3.11. The van der Waals surface area contributed by atoms with Crippen molar-refractivity contribution in [1.29, 1.82) is 0 Å². The fourth-order valence-electron chi connectivity index (χ4n) is 4.20. The van der Waals surface area contributed by atoms with Gasteiger partial charge in [0.2, 0.25) is 0 Å². The normalized spacial score (nSPS) is 17.7. The molecular formula is C21H18ClF2NO2. The Bertz CT molecular complexity index is 1010. The van der Waals surface area contributed by atoms with Crippen LogP contribution in [0.25, 0.3) is 10.9 Å². The van der Waals surface area contributed by atoms with E-state index in [1.807, 2.05) is 12.1 Å². The first kappa shape index (κ1) is 18.0. The summed E-state index contributed by atoms with van der Waals surface area (Å²) in [5, 5.41) is 11.0. The maximum atomic E-state index is 14.2. The average molecular weight is 390 g/mol. The van der Waals surface area contributed by atoms with Crippen LogP contribution in [0.2, 0.25) is 5.02 Å². The monoisotopic (exact) mass is 389 g/mol. The predicted molar refractivity (Wildman–Crippen MR) is 100 cm³/mol. The van der Waals surface area contributed by atoms with Gasteiger partial charge in [-0.2, -0.15) is 0 Å². The molecule has 1 aromatic heterocycles. The van der Waals surface area contributed by atoms with Crippen LogP contribution in [0.4, 0.5) is 8.78 Å². The number of halogens is 3. The van der Waals surface area contributed by atoms with Gasteiger partial charge in [-0.3, -0.25) is 4.79 Å². The van der Waals surface area contributed by atoms with Gasteiger partial charge >= 0.3 is 5.97 Å². The van der Waals surface area contributed by atoms with Gasteiger partial charge in [0.1, 0.15) is 11.6 Å². The average Bonchev–Trinajstić information content (AvgIpc) is 3.00. The molecule has 4 rings (SSSR count). The van der Waals surface area contributed by atoms with Gasteiger partial charge in [-0.1, -0.05) is 23.7 Å². The second kappa shape index (κ2) is 6.97. The molecule has 140 valence electrons. The summed E-state index contributed by atoms with van der Waals surface area (Å²) >= 11 is 5.91. The zero-order valence-corrected chi connectivity index (χ0v) is 15.2. The third-order valence-electron chi connectivity index (χ3n) is 5.45. The first-order valence-electron chi connectivity index (χ1n) is 8.91. The molecule has 6 heteroatoms. The fraction of sp³-hybridized carbons (Fsp3) is 0.286. The van der Waals surface area contributed by atoms with E-state index in [0.29, 0.717) is 29.7 Å². The molecule has 3 aromatic rings. The van der Waals surface area contributed by atoms with Crippen LogP contribution in [0, 0.1) is 17.6 Å². The highest BCUT2D eigenvalue weighted by atomic mass is 35.5. The molecule has 0 saturated carbocycles. The predicted octanol–water partition coefficient (Wildman–Crippen LogP) is 5.46. The van der Waals surface area contributed by atoms with Gasteiger partial charge in [-0.05, 0) is 55.0 Å². The van der Waals surface area contributed by atoms with Crippen molar-refractivity contribution in [1.82, 2.24) is 4.98 Å². The van der Waals surface area contributed by atoms with E-state index in [1.54, 1.807) is 12.1 Å². The molecule has 2 unspecified atom stereocenters. The quantitative estimate of drug-likeness (QED) is 0.622. The largest absolute Gasteiger partial charge is 0.481 e. The molecule has 0 bridgehead atoms. The van der Waals surface area contributed by atoms with Gasteiger partial charge in [-0.25, -0.2) is 8.78 Å². The van der Waals surface area contributed by atoms with Crippen molar-refractivity contribution < 1.29 is 18.7 Å². The Balaban J connectivity index is 1.76. The highest BCUT2D eigenvalue weighted by Crippen LogP contribution is 2.42. The SMILES string of the molecule is O=C(O)C(Cc1ccc(Cl)cc1)C1CCCc2c1[nH]c1c(F)cc(F)cc21. The third kappa shape index (κ3) is 3.32. The number of aromatic nitrogens is 1.